The Balaban J connectivity index is 1.53. The van der Waals surface area contributed by atoms with Crippen LogP contribution in [0, 0.1) is 11.3 Å². The molecule has 3 rings (SSSR count). The van der Waals surface area contributed by atoms with Gasteiger partial charge in [-0.15, -0.1) is 5.10 Å². The summed E-state index contributed by atoms with van der Waals surface area (Å²) < 4.78 is 7.14. The Morgan fingerprint density at radius 3 is 2.74 bits per heavy atom. The van der Waals surface area contributed by atoms with Gasteiger partial charge in [-0.1, -0.05) is 19.3 Å². The molecule has 23 heavy (non-hydrogen) atoms. The van der Waals surface area contributed by atoms with Crippen LogP contribution >= 0.6 is 0 Å². The van der Waals surface area contributed by atoms with E-state index in [9.17, 15) is 4.79 Å². The number of carbonyl (C=O) groups is 1. The van der Waals surface area contributed by atoms with Crippen molar-refractivity contribution in [1.82, 2.24) is 25.5 Å². The smallest absolute Gasteiger partial charge is 0.220 e. The maximum Gasteiger partial charge on any atom is 0.220 e. The molecular weight excluding hydrogens is 294 g/mol. The molecule has 0 unspecified atom stereocenters. The van der Waals surface area contributed by atoms with Crippen LogP contribution in [-0.2, 0) is 16.1 Å². The van der Waals surface area contributed by atoms with Gasteiger partial charge < -0.3 is 10.1 Å². The number of ether oxygens (including phenoxy) is 1. The minimum Gasteiger partial charge on any atom is -0.381 e. The average molecular weight is 321 g/mol. The number of rotatable bonds is 6. The lowest BCUT2D eigenvalue weighted by molar-refractivity contribution is -0.124. The van der Waals surface area contributed by atoms with E-state index in [1.54, 1.807) is 11.0 Å². The summed E-state index contributed by atoms with van der Waals surface area (Å²) >= 11 is 0. The molecule has 0 radical (unpaired) electrons. The summed E-state index contributed by atoms with van der Waals surface area (Å²) in [5.74, 6) is 0.737. The number of hydrogen-bond donors (Lipinski definition) is 1. The van der Waals surface area contributed by atoms with Crippen molar-refractivity contribution in [2.75, 3.05) is 19.8 Å². The highest BCUT2D eigenvalue weighted by Gasteiger charge is 2.35. The van der Waals surface area contributed by atoms with Gasteiger partial charge >= 0.3 is 0 Å². The van der Waals surface area contributed by atoms with Gasteiger partial charge in [0.05, 0.1) is 6.54 Å². The summed E-state index contributed by atoms with van der Waals surface area (Å²) in [5.41, 5.74) is 0.00733. The van der Waals surface area contributed by atoms with Gasteiger partial charge in [0.15, 0.2) is 0 Å². The lowest BCUT2D eigenvalue weighted by Crippen LogP contribution is -2.38. The molecule has 0 atom stereocenters. The number of nitrogens with zero attached hydrogens (tertiary/aromatic N) is 4. The predicted molar refractivity (Wildman–Crippen MR) is 84.5 cm³/mol. The highest BCUT2D eigenvalue weighted by Crippen LogP contribution is 2.40. The maximum atomic E-state index is 12.5. The highest BCUT2D eigenvalue weighted by atomic mass is 16.5. The molecule has 1 N–H and O–H groups in total. The Morgan fingerprint density at radius 1 is 1.26 bits per heavy atom. The van der Waals surface area contributed by atoms with E-state index in [0.717, 1.165) is 52.0 Å². The molecule has 128 valence electrons. The second-order valence-electron chi connectivity index (χ2n) is 7.10. The molecular formula is C16H27N5O2. The molecule has 7 heteroatoms. The van der Waals surface area contributed by atoms with Crippen LogP contribution in [0.15, 0.2) is 6.33 Å². The zero-order valence-electron chi connectivity index (χ0n) is 13.7. The van der Waals surface area contributed by atoms with E-state index >= 15 is 0 Å². The maximum absolute atomic E-state index is 12.5. The van der Waals surface area contributed by atoms with Gasteiger partial charge in [0.1, 0.15) is 6.33 Å². The minimum atomic E-state index is 0.00733. The van der Waals surface area contributed by atoms with Crippen molar-refractivity contribution in [3.05, 3.63) is 6.33 Å². The molecule has 1 aromatic rings. The van der Waals surface area contributed by atoms with Crippen LogP contribution in [0.3, 0.4) is 0 Å². The first-order valence-electron chi connectivity index (χ1n) is 8.81. The number of tetrazole rings is 1. The minimum absolute atomic E-state index is 0.00733. The summed E-state index contributed by atoms with van der Waals surface area (Å²) in [7, 11) is 0. The molecule has 2 fully saturated rings. The van der Waals surface area contributed by atoms with E-state index in [1.165, 1.54) is 19.3 Å². The summed E-state index contributed by atoms with van der Waals surface area (Å²) in [6.07, 6.45) is 10.1. The molecule has 0 bridgehead atoms. The monoisotopic (exact) mass is 321 g/mol. The zero-order chi connectivity index (χ0) is 16.0. The Bertz CT molecular complexity index is 479. The lowest BCUT2D eigenvalue weighted by atomic mass is 9.71. The standard InChI is InChI=1S/C16H27N5O2/c22-15(17-11-14-4-8-23-9-5-14)10-16(6-2-1-3-7-16)12-21-13-18-19-20-21/h13-14H,1-12H2,(H,17,22). The molecule has 0 aromatic carbocycles. The Labute approximate surface area is 137 Å². The van der Waals surface area contributed by atoms with E-state index in [2.05, 4.69) is 20.8 Å². The van der Waals surface area contributed by atoms with Gasteiger partial charge in [-0.3, -0.25) is 4.79 Å². The SMILES string of the molecule is O=C(CC1(Cn2cnnn2)CCCCC1)NCC1CCOCC1. The van der Waals surface area contributed by atoms with Crippen LogP contribution in [0.25, 0.3) is 0 Å². The summed E-state index contributed by atoms with van der Waals surface area (Å²) in [4.78, 5) is 12.5. The third kappa shape index (κ3) is 4.73. The number of carbonyl (C=O) groups excluding carboxylic acids is 1. The zero-order valence-corrected chi connectivity index (χ0v) is 13.7. The van der Waals surface area contributed by atoms with Crippen molar-refractivity contribution in [2.24, 2.45) is 11.3 Å². The number of hydrogen-bond acceptors (Lipinski definition) is 5. The van der Waals surface area contributed by atoms with Crippen LogP contribution in [0.4, 0.5) is 0 Å². The van der Waals surface area contributed by atoms with E-state index < -0.39 is 0 Å². The van der Waals surface area contributed by atoms with E-state index in [4.69, 9.17) is 4.74 Å². The second kappa shape index (κ2) is 7.86. The fourth-order valence-corrected chi connectivity index (χ4v) is 3.90. The Morgan fingerprint density at radius 2 is 2.04 bits per heavy atom. The summed E-state index contributed by atoms with van der Waals surface area (Å²) in [5, 5.41) is 14.6. The van der Waals surface area contributed by atoms with Crippen LogP contribution < -0.4 is 5.32 Å². The van der Waals surface area contributed by atoms with Gasteiger partial charge in [-0.05, 0) is 47.4 Å². The quantitative estimate of drug-likeness (QED) is 0.860. The van der Waals surface area contributed by atoms with Crippen LogP contribution in [0.1, 0.15) is 51.4 Å². The molecule has 2 heterocycles. The third-order valence-electron chi connectivity index (χ3n) is 5.27. The van der Waals surface area contributed by atoms with Gasteiger partial charge in [0, 0.05) is 26.2 Å². The lowest BCUT2D eigenvalue weighted by Gasteiger charge is -2.36. The van der Waals surface area contributed by atoms with E-state index in [0.29, 0.717) is 12.3 Å². The molecule has 1 aliphatic carbocycles. The molecule has 1 aromatic heterocycles. The first kappa shape index (κ1) is 16.4. The molecule has 1 saturated heterocycles. The Hall–Kier alpha value is -1.50. The highest BCUT2D eigenvalue weighted by molar-refractivity contribution is 5.76. The largest absolute Gasteiger partial charge is 0.381 e. The van der Waals surface area contributed by atoms with Gasteiger partial charge in [0.25, 0.3) is 0 Å². The van der Waals surface area contributed by atoms with Crippen LogP contribution in [0.5, 0.6) is 0 Å². The molecule has 7 nitrogen and oxygen atoms in total. The topological polar surface area (TPSA) is 81.9 Å². The normalized spacial score (nSPS) is 21.9. The summed E-state index contributed by atoms with van der Waals surface area (Å²) in [6, 6.07) is 0. The Kier molecular flexibility index (Phi) is 5.59. The summed E-state index contributed by atoms with van der Waals surface area (Å²) in [6.45, 7) is 3.17. The average Bonchev–Trinajstić information content (AvgIpc) is 3.07. The molecule has 0 spiro atoms. The van der Waals surface area contributed by atoms with Gasteiger partial charge in [-0.2, -0.15) is 0 Å². The molecule has 1 aliphatic heterocycles. The number of aromatic nitrogens is 4. The van der Waals surface area contributed by atoms with Gasteiger partial charge in [-0.25, -0.2) is 4.68 Å². The first-order chi connectivity index (χ1) is 11.3. The van der Waals surface area contributed by atoms with Gasteiger partial charge in [0.2, 0.25) is 5.91 Å². The van der Waals surface area contributed by atoms with Crippen molar-refractivity contribution in [3.8, 4) is 0 Å². The van der Waals surface area contributed by atoms with Crippen molar-refractivity contribution in [2.45, 2.75) is 57.9 Å². The van der Waals surface area contributed by atoms with Crippen LogP contribution in [0.2, 0.25) is 0 Å². The van der Waals surface area contributed by atoms with E-state index in [-0.39, 0.29) is 11.3 Å². The molecule has 1 amide bonds. The van der Waals surface area contributed by atoms with Crippen molar-refractivity contribution in [3.63, 3.8) is 0 Å². The number of nitrogens with one attached hydrogen (secondary N) is 1. The second-order valence-corrected chi connectivity index (χ2v) is 7.10. The fourth-order valence-electron chi connectivity index (χ4n) is 3.90. The predicted octanol–water partition coefficient (Wildman–Crippen LogP) is 1.56. The first-order valence-corrected chi connectivity index (χ1v) is 8.81. The van der Waals surface area contributed by atoms with Crippen molar-refractivity contribution in [1.29, 1.82) is 0 Å². The van der Waals surface area contributed by atoms with Crippen LogP contribution in [-0.4, -0.2) is 45.9 Å². The van der Waals surface area contributed by atoms with E-state index in [1.807, 2.05) is 0 Å². The molecule has 2 aliphatic rings. The van der Waals surface area contributed by atoms with Crippen molar-refractivity contribution >= 4 is 5.91 Å². The van der Waals surface area contributed by atoms with Crippen molar-refractivity contribution < 1.29 is 9.53 Å². The molecule has 1 saturated carbocycles. The fraction of sp³-hybridized carbons (Fsp3) is 0.875. The number of amides is 1. The third-order valence-corrected chi connectivity index (χ3v) is 5.27.